The van der Waals surface area contributed by atoms with Gasteiger partial charge < -0.3 is 14.7 Å². The summed E-state index contributed by atoms with van der Waals surface area (Å²) in [6.07, 6.45) is -2.16. The van der Waals surface area contributed by atoms with Gasteiger partial charge in [-0.2, -0.15) is 18.3 Å². The number of ether oxygens (including phenoxy) is 1. The van der Waals surface area contributed by atoms with E-state index in [0.717, 1.165) is 16.1 Å². The Bertz CT molecular complexity index is 1210. The first-order valence-electron chi connectivity index (χ1n) is 10.8. The van der Waals surface area contributed by atoms with Crippen LogP contribution >= 0.6 is 11.3 Å². The van der Waals surface area contributed by atoms with E-state index in [4.69, 9.17) is 9.84 Å². The monoisotopic (exact) mass is 510 g/mol. The summed E-state index contributed by atoms with van der Waals surface area (Å²) >= 11 is 1.39. The molecule has 1 aromatic heterocycles. The number of ketones is 1. The summed E-state index contributed by atoms with van der Waals surface area (Å²) in [7, 11) is 1.71. The van der Waals surface area contributed by atoms with E-state index in [9.17, 15) is 22.8 Å². The van der Waals surface area contributed by atoms with Crippen LogP contribution in [0.1, 0.15) is 40.1 Å². The van der Waals surface area contributed by atoms with Crippen LogP contribution in [0.2, 0.25) is 0 Å². The number of hydrogen-bond acceptors (Lipinski definition) is 10. The molecule has 186 valence electrons. The Hall–Kier alpha value is -3.39. The van der Waals surface area contributed by atoms with E-state index in [1.54, 1.807) is 18.3 Å². The lowest BCUT2D eigenvalue weighted by Gasteiger charge is -2.44. The highest BCUT2D eigenvalue weighted by molar-refractivity contribution is 7.17. The molecule has 1 spiro atoms. The standard InChI is InChI=1S/C21H21F3N6O4S/c1-28-18(26-30(27-28)11-16(32)33)15-10-25-19(35-15)29-7-5-20(6-8-29)9-13(31)17-12(21(22,23)24)3-2-4-14(17)34-20/h2-4,10,27H,5-9,11H2,1H3,(H,32,33). The van der Waals surface area contributed by atoms with Gasteiger partial charge in [0.2, 0.25) is 0 Å². The van der Waals surface area contributed by atoms with Gasteiger partial charge >= 0.3 is 12.1 Å². The molecule has 0 saturated carbocycles. The van der Waals surface area contributed by atoms with Crippen molar-refractivity contribution in [3.63, 3.8) is 0 Å². The summed E-state index contributed by atoms with van der Waals surface area (Å²) in [5, 5.41) is 16.7. The predicted octanol–water partition coefficient (Wildman–Crippen LogP) is 2.58. The van der Waals surface area contributed by atoms with E-state index in [-0.39, 0.29) is 24.3 Å². The molecule has 2 N–H and O–H groups in total. The Labute approximate surface area is 201 Å². The second kappa shape index (κ2) is 8.37. The number of nitrogens with one attached hydrogen (secondary N) is 1. The number of carbonyl (C=O) groups is 2. The SMILES string of the molecule is CN1NN(CC(=O)O)N=C1c1cnc(N2CCC3(CC2)CC(=O)c2c(cccc2C(F)(F)F)O3)s1. The van der Waals surface area contributed by atoms with Crippen molar-refractivity contribution in [3.05, 3.63) is 40.4 Å². The number of piperidine rings is 1. The van der Waals surface area contributed by atoms with Crippen molar-refractivity contribution >= 4 is 34.1 Å². The topological polar surface area (TPSA) is 111 Å². The number of aromatic nitrogens is 1. The van der Waals surface area contributed by atoms with Crippen molar-refractivity contribution in [1.82, 2.24) is 20.6 Å². The van der Waals surface area contributed by atoms with Gasteiger partial charge in [0, 0.05) is 33.0 Å². The number of nitrogens with zero attached hydrogens (tertiary/aromatic N) is 5. The highest BCUT2D eigenvalue weighted by atomic mass is 32.1. The molecule has 14 heteroatoms. The van der Waals surface area contributed by atoms with Crippen LogP contribution in [0.4, 0.5) is 18.3 Å². The van der Waals surface area contributed by atoms with Gasteiger partial charge in [-0.15, -0.1) is 10.6 Å². The third-order valence-electron chi connectivity index (χ3n) is 6.16. The van der Waals surface area contributed by atoms with Crippen LogP contribution in [0.5, 0.6) is 5.75 Å². The molecule has 10 nitrogen and oxygen atoms in total. The lowest BCUT2D eigenvalue weighted by Crippen LogP contribution is -2.51. The molecule has 0 atom stereocenters. The van der Waals surface area contributed by atoms with Crippen molar-refractivity contribution < 1.29 is 32.6 Å². The zero-order chi connectivity index (χ0) is 25.0. The third-order valence-corrected chi connectivity index (χ3v) is 7.22. The predicted molar refractivity (Wildman–Crippen MR) is 119 cm³/mol. The number of alkyl halides is 3. The highest BCUT2D eigenvalue weighted by Gasteiger charge is 2.47. The van der Waals surface area contributed by atoms with E-state index >= 15 is 0 Å². The van der Waals surface area contributed by atoms with Crippen LogP contribution in [0, 0.1) is 0 Å². The number of halogens is 3. The molecule has 0 unspecified atom stereocenters. The molecule has 35 heavy (non-hydrogen) atoms. The van der Waals surface area contributed by atoms with Crippen LogP contribution in [-0.2, 0) is 11.0 Å². The Balaban J connectivity index is 1.29. The minimum atomic E-state index is -4.63. The summed E-state index contributed by atoms with van der Waals surface area (Å²) in [5.74, 6) is -1.06. The van der Waals surface area contributed by atoms with Crippen molar-refractivity contribution in [2.24, 2.45) is 5.10 Å². The minimum Gasteiger partial charge on any atom is -0.486 e. The quantitative estimate of drug-likeness (QED) is 0.641. The number of carbonyl (C=O) groups excluding carboxylic acids is 1. The molecule has 0 radical (unpaired) electrons. The number of fused-ring (bicyclic) bond motifs is 1. The van der Waals surface area contributed by atoms with Gasteiger partial charge in [0.1, 0.15) is 11.4 Å². The highest BCUT2D eigenvalue weighted by Crippen LogP contribution is 2.44. The van der Waals surface area contributed by atoms with Crippen molar-refractivity contribution in [2.75, 3.05) is 31.6 Å². The van der Waals surface area contributed by atoms with E-state index in [2.05, 4.69) is 15.6 Å². The Morgan fingerprint density at radius 1 is 1.31 bits per heavy atom. The van der Waals surface area contributed by atoms with Crippen LogP contribution in [0.15, 0.2) is 29.5 Å². The van der Waals surface area contributed by atoms with Gasteiger partial charge in [0.15, 0.2) is 23.3 Å². The number of hydrazine groups is 2. The molecule has 0 aliphatic carbocycles. The second-order valence-corrected chi connectivity index (χ2v) is 9.60. The first-order valence-corrected chi connectivity index (χ1v) is 11.6. The fourth-order valence-corrected chi connectivity index (χ4v) is 5.52. The van der Waals surface area contributed by atoms with Crippen LogP contribution < -0.4 is 15.2 Å². The maximum Gasteiger partial charge on any atom is 0.417 e. The molecule has 2 aromatic rings. The number of carboxylic acid groups (broad SMARTS) is 1. The second-order valence-electron chi connectivity index (χ2n) is 8.59. The summed E-state index contributed by atoms with van der Waals surface area (Å²) in [6, 6.07) is 3.59. The number of benzene rings is 1. The maximum atomic E-state index is 13.4. The zero-order valence-corrected chi connectivity index (χ0v) is 19.3. The number of hydrogen-bond donors (Lipinski definition) is 2. The molecule has 3 aliphatic heterocycles. The van der Waals surface area contributed by atoms with E-state index in [1.807, 2.05) is 4.90 Å². The molecule has 5 rings (SSSR count). The van der Waals surface area contributed by atoms with E-state index in [1.165, 1.54) is 28.6 Å². The molecule has 4 heterocycles. The summed E-state index contributed by atoms with van der Waals surface area (Å²) < 4.78 is 46.2. The number of anilines is 1. The number of hydrazone groups is 1. The lowest BCUT2D eigenvalue weighted by molar-refractivity contribution is -0.140. The number of Topliss-reactive ketones (excluding diaryl/α,β-unsaturated/α-hetero) is 1. The van der Waals surface area contributed by atoms with Crippen molar-refractivity contribution in [3.8, 4) is 5.75 Å². The normalized spacial score (nSPS) is 19.6. The van der Waals surface area contributed by atoms with E-state index in [0.29, 0.717) is 31.8 Å². The fraction of sp³-hybridized carbons (Fsp3) is 0.429. The average Bonchev–Trinajstić information content (AvgIpc) is 3.39. The molecule has 3 aliphatic rings. The largest absolute Gasteiger partial charge is 0.486 e. The number of rotatable bonds is 4. The third kappa shape index (κ3) is 4.38. The fourth-order valence-electron chi connectivity index (χ4n) is 4.53. The van der Waals surface area contributed by atoms with Crippen LogP contribution in [0.25, 0.3) is 0 Å². The number of aliphatic carboxylic acids is 1. The van der Waals surface area contributed by atoms with Gasteiger partial charge in [-0.05, 0) is 12.1 Å². The first kappa shape index (κ1) is 23.4. The molecular weight excluding hydrogens is 489 g/mol. The van der Waals surface area contributed by atoms with Gasteiger partial charge in [-0.1, -0.05) is 17.4 Å². The van der Waals surface area contributed by atoms with Crippen molar-refractivity contribution in [1.29, 1.82) is 0 Å². The zero-order valence-electron chi connectivity index (χ0n) is 18.5. The smallest absolute Gasteiger partial charge is 0.417 e. The average molecular weight is 510 g/mol. The molecule has 1 saturated heterocycles. The van der Waals surface area contributed by atoms with Gasteiger partial charge in [-0.3, -0.25) is 14.6 Å². The Morgan fingerprint density at radius 2 is 2.06 bits per heavy atom. The summed E-state index contributed by atoms with van der Waals surface area (Å²) in [4.78, 5) is 31.0. The van der Waals surface area contributed by atoms with Crippen LogP contribution in [-0.4, -0.2) is 70.1 Å². The lowest BCUT2D eigenvalue weighted by atomic mass is 9.81. The Kier molecular flexibility index (Phi) is 5.59. The first-order chi connectivity index (χ1) is 16.5. The minimum absolute atomic E-state index is 0.0123. The number of carboxylic acids is 1. The molecule has 1 aromatic carbocycles. The summed E-state index contributed by atoms with van der Waals surface area (Å²) in [5.41, 5.74) is 0.626. The van der Waals surface area contributed by atoms with E-state index < -0.39 is 29.1 Å². The Morgan fingerprint density at radius 3 is 2.74 bits per heavy atom. The van der Waals surface area contributed by atoms with Gasteiger partial charge in [0.25, 0.3) is 0 Å². The molecular formula is C21H21F3N6O4S. The van der Waals surface area contributed by atoms with Crippen molar-refractivity contribution in [2.45, 2.75) is 31.0 Å². The van der Waals surface area contributed by atoms with Crippen LogP contribution in [0.3, 0.4) is 0 Å². The maximum absolute atomic E-state index is 13.4. The van der Waals surface area contributed by atoms with Gasteiger partial charge in [-0.25, -0.2) is 4.98 Å². The number of amidine groups is 1. The summed E-state index contributed by atoms with van der Waals surface area (Å²) in [6.45, 7) is 0.723. The molecule has 0 bridgehead atoms. The number of thiazole rings is 1. The van der Waals surface area contributed by atoms with Gasteiger partial charge in [0.05, 0.1) is 28.6 Å². The molecule has 0 amide bonds. The molecule has 1 fully saturated rings.